The highest BCUT2D eigenvalue weighted by Gasteiger charge is 2.29. The molecule has 1 aromatic carbocycles. The monoisotopic (exact) mass is 467 g/mol. The van der Waals surface area contributed by atoms with E-state index in [2.05, 4.69) is 26.1 Å². The Kier molecular flexibility index (Phi) is 6.38. The molecule has 2 amide bonds. The van der Waals surface area contributed by atoms with Gasteiger partial charge in [-0.05, 0) is 40.2 Å². The number of nitrogens with one attached hydrogen (secondary N) is 2. The van der Waals surface area contributed by atoms with Crippen molar-refractivity contribution in [2.75, 3.05) is 6.61 Å². The minimum atomic E-state index is -4.62. The molecule has 0 radical (unpaired) electrons. The molecule has 0 saturated carbocycles. The average molecular weight is 468 g/mol. The number of carbonyl (C=O) groups excluding carboxylic acids is 2. The summed E-state index contributed by atoms with van der Waals surface area (Å²) < 4.78 is 41.8. The fourth-order valence-corrected chi connectivity index (χ4v) is 3.07. The number of alkyl halides is 3. The lowest BCUT2D eigenvalue weighted by molar-refractivity contribution is -0.385. The van der Waals surface area contributed by atoms with Crippen LogP contribution in [0.5, 0.6) is 5.75 Å². The van der Waals surface area contributed by atoms with Crippen molar-refractivity contribution in [1.29, 1.82) is 0 Å². The average Bonchev–Trinajstić information content (AvgIpc) is 3.03. The molecule has 13 heteroatoms. The molecule has 0 bridgehead atoms. The highest BCUT2D eigenvalue weighted by molar-refractivity contribution is 9.11. The Morgan fingerprint density at radius 1 is 1.19 bits per heavy atom. The van der Waals surface area contributed by atoms with Gasteiger partial charge < -0.3 is 4.74 Å². The van der Waals surface area contributed by atoms with Gasteiger partial charge in [0.25, 0.3) is 17.5 Å². The third kappa shape index (κ3) is 5.92. The van der Waals surface area contributed by atoms with Gasteiger partial charge in [-0.2, -0.15) is 13.2 Å². The summed E-state index contributed by atoms with van der Waals surface area (Å²) >= 11 is 4.24. The molecule has 0 fully saturated rings. The first kappa shape index (κ1) is 20.6. The lowest BCUT2D eigenvalue weighted by atomic mass is 10.1. The van der Waals surface area contributed by atoms with Gasteiger partial charge in [0.2, 0.25) is 0 Å². The highest BCUT2D eigenvalue weighted by atomic mass is 79.9. The van der Waals surface area contributed by atoms with Crippen molar-refractivity contribution in [3.63, 3.8) is 0 Å². The Labute approximate surface area is 161 Å². The Bertz CT molecular complexity index is 887. The van der Waals surface area contributed by atoms with Crippen LogP contribution in [-0.2, 0) is 0 Å². The van der Waals surface area contributed by atoms with E-state index in [-0.39, 0.29) is 4.88 Å². The fourth-order valence-electron chi connectivity index (χ4n) is 1.79. The predicted octanol–water partition coefficient (Wildman–Crippen LogP) is 3.43. The van der Waals surface area contributed by atoms with E-state index in [0.717, 1.165) is 29.5 Å². The number of ether oxygens (including phenoxy) is 1. The zero-order valence-electron chi connectivity index (χ0n) is 13.0. The number of nitro groups is 1. The van der Waals surface area contributed by atoms with Crippen molar-refractivity contribution in [2.45, 2.75) is 6.18 Å². The molecule has 0 spiro atoms. The normalized spacial score (nSPS) is 11.0. The first-order chi connectivity index (χ1) is 12.6. The van der Waals surface area contributed by atoms with Gasteiger partial charge in [-0.1, -0.05) is 0 Å². The van der Waals surface area contributed by atoms with Crippen LogP contribution < -0.4 is 15.6 Å². The van der Waals surface area contributed by atoms with Crippen LogP contribution in [-0.4, -0.2) is 29.5 Å². The standard InChI is InChI=1S/C14H9BrF3N3O5S/c15-11-4-3-10(27-11)13(23)20-19-12(22)8-5-7(26-6-14(16,17)18)1-2-9(8)21(24)25/h1-5H,6H2,(H,19,22)(H,20,23). The van der Waals surface area contributed by atoms with Crippen LogP contribution in [0.1, 0.15) is 20.0 Å². The molecule has 27 heavy (non-hydrogen) atoms. The topological polar surface area (TPSA) is 111 Å². The predicted molar refractivity (Wildman–Crippen MR) is 91.6 cm³/mol. The first-order valence-electron chi connectivity index (χ1n) is 6.91. The smallest absolute Gasteiger partial charge is 0.422 e. The second-order valence-corrected chi connectivity index (χ2v) is 7.31. The summed E-state index contributed by atoms with van der Waals surface area (Å²) in [4.78, 5) is 34.4. The summed E-state index contributed by atoms with van der Waals surface area (Å²) in [6.45, 7) is -1.63. The molecule has 2 aromatic rings. The molecule has 0 aliphatic carbocycles. The molecule has 1 heterocycles. The van der Waals surface area contributed by atoms with E-state index in [1.807, 2.05) is 5.43 Å². The molecular weight excluding hydrogens is 459 g/mol. The summed E-state index contributed by atoms with van der Waals surface area (Å²) in [6, 6.07) is 5.63. The van der Waals surface area contributed by atoms with Crippen molar-refractivity contribution in [1.82, 2.24) is 10.9 Å². The number of hydrazine groups is 1. The Morgan fingerprint density at radius 3 is 2.41 bits per heavy atom. The van der Waals surface area contributed by atoms with Crippen molar-refractivity contribution in [3.05, 3.63) is 54.7 Å². The van der Waals surface area contributed by atoms with E-state index in [9.17, 15) is 32.9 Å². The molecule has 2 N–H and O–H groups in total. The lowest BCUT2D eigenvalue weighted by Crippen LogP contribution is -2.41. The number of thiophene rings is 1. The van der Waals surface area contributed by atoms with Gasteiger partial charge in [-0.3, -0.25) is 30.6 Å². The van der Waals surface area contributed by atoms with Crippen molar-refractivity contribution in [3.8, 4) is 5.75 Å². The number of benzene rings is 1. The number of hydrogen-bond acceptors (Lipinski definition) is 6. The number of rotatable bonds is 5. The minimum absolute atomic E-state index is 0.249. The third-order valence-electron chi connectivity index (χ3n) is 2.90. The summed E-state index contributed by atoms with van der Waals surface area (Å²) in [5, 5.41) is 11.0. The summed E-state index contributed by atoms with van der Waals surface area (Å²) in [5.74, 6) is -2.16. The zero-order chi connectivity index (χ0) is 20.2. The van der Waals surface area contributed by atoms with E-state index >= 15 is 0 Å². The SMILES string of the molecule is O=C(NNC(=O)c1cc(OCC(F)(F)F)ccc1[N+](=O)[O-])c1ccc(Br)s1. The molecule has 1 aromatic heterocycles. The molecular formula is C14H9BrF3N3O5S. The van der Waals surface area contributed by atoms with Gasteiger partial charge in [-0.15, -0.1) is 11.3 Å². The molecule has 144 valence electrons. The second-order valence-electron chi connectivity index (χ2n) is 4.85. The van der Waals surface area contributed by atoms with Crippen LogP contribution in [0.3, 0.4) is 0 Å². The molecule has 0 aliphatic heterocycles. The minimum Gasteiger partial charge on any atom is -0.484 e. The Hall–Kier alpha value is -2.67. The van der Waals surface area contributed by atoms with E-state index in [4.69, 9.17) is 0 Å². The lowest BCUT2D eigenvalue weighted by Gasteiger charge is -2.11. The van der Waals surface area contributed by atoms with E-state index < -0.39 is 46.5 Å². The van der Waals surface area contributed by atoms with Gasteiger partial charge in [0, 0.05) is 6.07 Å². The number of amides is 2. The maximum atomic E-state index is 12.2. The van der Waals surface area contributed by atoms with Crippen LogP contribution in [0, 0.1) is 10.1 Å². The van der Waals surface area contributed by atoms with Crippen molar-refractivity contribution >= 4 is 44.8 Å². The summed E-state index contributed by atoms with van der Waals surface area (Å²) in [5.41, 5.74) is 2.79. The number of carbonyl (C=O) groups is 2. The van der Waals surface area contributed by atoms with Crippen LogP contribution in [0.2, 0.25) is 0 Å². The van der Waals surface area contributed by atoms with Crippen molar-refractivity contribution in [2.24, 2.45) is 0 Å². The Morgan fingerprint density at radius 2 is 1.85 bits per heavy atom. The van der Waals surface area contributed by atoms with E-state index in [0.29, 0.717) is 3.79 Å². The number of halogens is 4. The molecule has 0 atom stereocenters. The number of nitro benzene ring substituents is 1. The van der Waals surface area contributed by atoms with Crippen molar-refractivity contribution < 1.29 is 32.4 Å². The number of nitrogens with zero attached hydrogens (tertiary/aromatic N) is 1. The quantitative estimate of drug-likeness (QED) is 0.516. The summed E-state index contributed by atoms with van der Waals surface area (Å²) in [6.07, 6.45) is -4.62. The van der Waals surface area contributed by atoms with E-state index in [1.165, 1.54) is 6.07 Å². The summed E-state index contributed by atoms with van der Waals surface area (Å²) in [7, 11) is 0. The van der Waals surface area contributed by atoms with Crippen LogP contribution in [0.4, 0.5) is 18.9 Å². The fraction of sp³-hybridized carbons (Fsp3) is 0.143. The Balaban J connectivity index is 2.14. The van der Waals surface area contributed by atoms with Gasteiger partial charge in [0.05, 0.1) is 13.6 Å². The molecule has 0 saturated heterocycles. The van der Waals surface area contributed by atoms with Crippen LogP contribution >= 0.6 is 27.3 Å². The van der Waals surface area contributed by atoms with Gasteiger partial charge in [0.1, 0.15) is 11.3 Å². The van der Waals surface area contributed by atoms with Crippen LogP contribution in [0.25, 0.3) is 0 Å². The largest absolute Gasteiger partial charge is 0.484 e. The zero-order valence-corrected chi connectivity index (χ0v) is 15.4. The third-order valence-corrected chi connectivity index (χ3v) is 4.52. The van der Waals surface area contributed by atoms with Gasteiger partial charge in [0.15, 0.2) is 6.61 Å². The van der Waals surface area contributed by atoms with E-state index in [1.54, 1.807) is 6.07 Å². The maximum Gasteiger partial charge on any atom is 0.422 e. The van der Waals surface area contributed by atoms with Gasteiger partial charge >= 0.3 is 6.18 Å². The molecule has 8 nitrogen and oxygen atoms in total. The second kappa shape index (κ2) is 8.35. The maximum absolute atomic E-state index is 12.2. The number of hydrogen-bond donors (Lipinski definition) is 2. The molecule has 2 rings (SSSR count). The molecule has 0 aliphatic rings. The van der Waals surface area contributed by atoms with Crippen LogP contribution in [0.15, 0.2) is 34.1 Å². The molecule has 0 unspecified atom stereocenters. The highest BCUT2D eigenvalue weighted by Crippen LogP contribution is 2.26. The van der Waals surface area contributed by atoms with Gasteiger partial charge in [-0.25, -0.2) is 0 Å². The first-order valence-corrected chi connectivity index (χ1v) is 8.52.